The number of aromatic nitrogens is 1. The Balaban J connectivity index is 2.22. The van der Waals surface area contributed by atoms with Crippen molar-refractivity contribution < 1.29 is 4.79 Å². The number of carbonyl (C=O) groups is 1. The minimum absolute atomic E-state index is 0.144. The van der Waals surface area contributed by atoms with Crippen molar-refractivity contribution in [2.24, 2.45) is 0 Å². The Hall–Kier alpha value is -2.15. The van der Waals surface area contributed by atoms with Crippen molar-refractivity contribution in [1.82, 2.24) is 14.4 Å². The lowest BCUT2D eigenvalue weighted by Crippen LogP contribution is -2.48. The number of unbranched alkanes of at least 4 members (excludes halogenated alkanes) is 1. The van der Waals surface area contributed by atoms with Gasteiger partial charge in [-0.1, -0.05) is 44.2 Å². The first-order valence-electron chi connectivity index (χ1n) is 10.7. The van der Waals surface area contributed by atoms with E-state index in [-0.39, 0.29) is 17.0 Å². The van der Waals surface area contributed by atoms with Gasteiger partial charge in [-0.25, -0.2) is 0 Å². The molecule has 0 aromatic carbocycles. The molecule has 1 aromatic heterocycles. The summed E-state index contributed by atoms with van der Waals surface area (Å²) in [4.78, 5) is 32.5. The molecule has 0 N–H and O–H groups in total. The second kappa shape index (κ2) is 9.98. The van der Waals surface area contributed by atoms with E-state index in [0.29, 0.717) is 21.3 Å². The number of rotatable bonds is 6. The van der Waals surface area contributed by atoms with Crippen LogP contribution in [0.1, 0.15) is 43.4 Å². The summed E-state index contributed by atoms with van der Waals surface area (Å²) in [6, 6.07) is 2.10. The molecule has 2 aliphatic rings. The molecule has 3 rings (SSSR count). The van der Waals surface area contributed by atoms with Crippen LogP contribution in [0.15, 0.2) is 9.70 Å². The number of piperazine rings is 1. The minimum Gasteiger partial charge on any atom is -0.355 e. The lowest BCUT2D eigenvalue weighted by atomic mass is 10.0. The fourth-order valence-corrected chi connectivity index (χ4v) is 5.12. The van der Waals surface area contributed by atoms with E-state index in [1.165, 1.54) is 16.7 Å². The Labute approximate surface area is 193 Å². The third-order valence-electron chi connectivity index (χ3n) is 5.96. The Kier molecular flexibility index (Phi) is 7.57. The van der Waals surface area contributed by atoms with E-state index in [1.54, 1.807) is 18.5 Å². The molecular weight excluding hydrogens is 430 g/mol. The van der Waals surface area contributed by atoms with Crippen LogP contribution in [0.4, 0.5) is 5.82 Å². The van der Waals surface area contributed by atoms with Crippen LogP contribution < -0.4 is 10.5 Å². The number of amides is 1. The lowest BCUT2D eigenvalue weighted by Gasteiger charge is -2.37. The van der Waals surface area contributed by atoms with Crippen molar-refractivity contribution in [3.63, 3.8) is 0 Å². The van der Waals surface area contributed by atoms with Crippen LogP contribution in [-0.2, 0) is 11.3 Å². The third-order valence-corrected chi connectivity index (χ3v) is 7.45. The smallest absolute Gasteiger partial charge is 0.270 e. The first-order valence-corrected chi connectivity index (χ1v) is 11.9. The molecule has 2 aliphatic heterocycles. The van der Waals surface area contributed by atoms with Crippen molar-refractivity contribution in [2.45, 2.75) is 40.2 Å². The SMILES string of the molecule is CCCCn1c(N2CCN(CC)CC2)c(C=C2SC(=S)N(C)C2=O)c(C)c(C#N)c1=O. The van der Waals surface area contributed by atoms with Gasteiger partial charge in [-0.15, -0.1) is 0 Å². The largest absolute Gasteiger partial charge is 0.355 e. The molecule has 0 bridgehead atoms. The number of carbonyl (C=O) groups excluding carboxylic acids is 1. The number of nitrogens with zero attached hydrogens (tertiary/aromatic N) is 5. The minimum atomic E-state index is -0.249. The van der Waals surface area contributed by atoms with E-state index < -0.39 is 0 Å². The number of anilines is 1. The molecule has 31 heavy (non-hydrogen) atoms. The maximum absolute atomic E-state index is 13.3. The van der Waals surface area contributed by atoms with Crippen molar-refractivity contribution in [2.75, 3.05) is 44.7 Å². The van der Waals surface area contributed by atoms with Gasteiger partial charge in [0, 0.05) is 45.3 Å². The number of nitriles is 1. The number of thiocarbonyl (C=S) groups is 1. The molecule has 1 aromatic rings. The number of likely N-dealkylation sites (N-methyl/N-ethyl adjacent to an activating group) is 2. The maximum atomic E-state index is 13.3. The van der Waals surface area contributed by atoms with Crippen LogP contribution in [0.2, 0.25) is 0 Å². The second-order valence-corrected chi connectivity index (χ2v) is 9.50. The van der Waals surface area contributed by atoms with Crippen LogP contribution in [-0.4, -0.2) is 64.4 Å². The molecule has 1 amide bonds. The van der Waals surface area contributed by atoms with Crippen LogP contribution in [0.5, 0.6) is 0 Å². The summed E-state index contributed by atoms with van der Waals surface area (Å²) in [5.74, 6) is 0.660. The van der Waals surface area contributed by atoms with Gasteiger partial charge in [0.15, 0.2) is 0 Å². The topological polar surface area (TPSA) is 72.6 Å². The molecule has 166 valence electrons. The predicted octanol–water partition coefficient (Wildman–Crippen LogP) is 2.80. The average Bonchev–Trinajstić information content (AvgIpc) is 3.01. The summed E-state index contributed by atoms with van der Waals surface area (Å²) >= 11 is 6.54. The summed E-state index contributed by atoms with van der Waals surface area (Å²) in [6.45, 7) is 11.0. The summed E-state index contributed by atoms with van der Waals surface area (Å²) in [5.41, 5.74) is 1.28. The van der Waals surface area contributed by atoms with Crippen molar-refractivity contribution in [3.8, 4) is 6.07 Å². The van der Waals surface area contributed by atoms with Gasteiger partial charge in [0.1, 0.15) is 21.8 Å². The second-order valence-electron chi connectivity index (χ2n) is 7.82. The predicted molar refractivity (Wildman–Crippen MR) is 130 cm³/mol. The van der Waals surface area contributed by atoms with E-state index >= 15 is 0 Å². The average molecular weight is 460 g/mol. The Morgan fingerprint density at radius 1 is 1.19 bits per heavy atom. The summed E-state index contributed by atoms with van der Waals surface area (Å²) in [7, 11) is 1.67. The van der Waals surface area contributed by atoms with Crippen molar-refractivity contribution in [1.29, 1.82) is 5.26 Å². The van der Waals surface area contributed by atoms with E-state index in [1.807, 2.05) is 6.08 Å². The van der Waals surface area contributed by atoms with Crippen molar-refractivity contribution in [3.05, 3.63) is 31.9 Å². The van der Waals surface area contributed by atoms with Crippen LogP contribution in [0, 0.1) is 18.3 Å². The Morgan fingerprint density at radius 3 is 2.39 bits per heavy atom. The molecule has 0 atom stereocenters. The molecule has 0 unspecified atom stereocenters. The van der Waals surface area contributed by atoms with E-state index in [0.717, 1.165) is 56.9 Å². The van der Waals surface area contributed by atoms with Gasteiger partial charge in [-0.3, -0.25) is 19.1 Å². The molecule has 2 saturated heterocycles. The number of hydrogen-bond donors (Lipinski definition) is 0. The Morgan fingerprint density at radius 2 is 1.87 bits per heavy atom. The van der Waals surface area contributed by atoms with Gasteiger partial charge in [-0.2, -0.15) is 5.26 Å². The fourth-order valence-electron chi connectivity index (χ4n) is 3.96. The van der Waals surface area contributed by atoms with E-state index in [2.05, 4.69) is 29.7 Å². The zero-order chi connectivity index (χ0) is 22.7. The standard InChI is InChI=1S/C22H29N5O2S2/c1-5-7-8-27-19(26-11-9-25(6-2)10-12-26)16(15(3)17(14-23)20(27)28)13-18-21(29)24(4)22(30)31-18/h13H,5-12H2,1-4H3. The van der Waals surface area contributed by atoms with Gasteiger partial charge in [0.25, 0.3) is 11.5 Å². The normalized spacial score (nSPS) is 18.9. The molecule has 2 fully saturated rings. The van der Waals surface area contributed by atoms with E-state index in [9.17, 15) is 14.9 Å². The molecule has 3 heterocycles. The zero-order valence-corrected chi connectivity index (χ0v) is 20.2. The number of pyridine rings is 1. The third kappa shape index (κ3) is 4.56. The number of thioether (sulfide) groups is 1. The van der Waals surface area contributed by atoms with Gasteiger partial charge < -0.3 is 9.80 Å². The fraction of sp³-hybridized carbons (Fsp3) is 0.545. The lowest BCUT2D eigenvalue weighted by molar-refractivity contribution is -0.121. The monoisotopic (exact) mass is 459 g/mol. The molecule has 0 aliphatic carbocycles. The first kappa shape index (κ1) is 23.5. The van der Waals surface area contributed by atoms with Crippen LogP contribution >= 0.6 is 24.0 Å². The highest BCUT2D eigenvalue weighted by Crippen LogP contribution is 2.35. The molecular formula is C22H29N5O2S2. The Bertz CT molecular complexity index is 1020. The van der Waals surface area contributed by atoms with E-state index in [4.69, 9.17) is 12.2 Å². The summed E-state index contributed by atoms with van der Waals surface area (Å²) < 4.78 is 2.25. The maximum Gasteiger partial charge on any atom is 0.270 e. The van der Waals surface area contributed by atoms with Crippen molar-refractivity contribution >= 4 is 46.1 Å². The molecule has 7 nitrogen and oxygen atoms in total. The highest BCUT2D eigenvalue weighted by Gasteiger charge is 2.31. The summed E-state index contributed by atoms with van der Waals surface area (Å²) in [5, 5.41) is 9.73. The first-order chi connectivity index (χ1) is 14.8. The van der Waals surface area contributed by atoms with Gasteiger partial charge >= 0.3 is 0 Å². The molecule has 0 spiro atoms. The summed E-state index contributed by atoms with van der Waals surface area (Å²) in [6.07, 6.45) is 3.60. The van der Waals surface area contributed by atoms with Gasteiger partial charge in [0.2, 0.25) is 0 Å². The van der Waals surface area contributed by atoms with Gasteiger partial charge in [-0.05, 0) is 31.5 Å². The van der Waals surface area contributed by atoms with Crippen LogP contribution in [0.3, 0.4) is 0 Å². The molecule has 0 saturated carbocycles. The molecule has 0 radical (unpaired) electrons. The number of hydrogen-bond acceptors (Lipinski definition) is 7. The highest BCUT2D eigenvalue weighted by atomic mass is 32.2. The quantitative estimate of drug-likeness (QED) is 0.478. The van der Waals surface area contributed by atoms with Crippen LogP contribution in [0.25, 0.3) is 6.08 Å². The van der Waals surface area contributed by atoms with Gasteiger partial charge in [0.05, 0.1) is 4.91 Å². The highest BCUT2D eigenvalue weighted by molar-refractivity contribution is 8.26. The zero-order valence-electron chi connectivity index (χ0n) is 18.6. The molecule has 9 heteroatoms.